The van der Waals surface area contributed by atoms with Gasteiger partial charge in [-0.05, 0) is 24.1 Å². The van der Waals surface area contributed by atoms with Gasteiger partial charge in [-0.15, -0.1) is 5.10 Å². The molecule has 20 heavy (non-hydrogen) atoms. The van der Waals surface area contributed by atoms with Crippen molar-refractivity contribution in [1.29, 1.82) is 0 Å². The summed E-state index contributed by atoms with van der Waals surface area (Å²) in [5.41, 5.74) is 6.52. The third-order valence-electron chi connectivity index (χ3n) is 2.71. The quantitative estimate of drug-likeness (QED) is 0.786. The number of rotatable bonds is 6. The standard InChI is InChI=1S/C13H17N5O2/c1-20-11-4-2-3-10(7-11)5-6-15-13(19)9-18-16-8-12(14)17-18/h2-4,7-8H,5-6,9H2,1H3,(H2,14,17)(H,15,19). The van der Waals surface area contributed by atoms with Crippen LogP contribution in [0.15, 0.2) is 30.5 Å². The molecule has 7 nitrogen and oxygen atoms in total. The number of methoxy groups -OCH3 is 1. The van der Waals surface area contributed by atoms with Gasteiger partial charge in [-0.1, -0.05) is 12.1 Å². The molecule has 0 bridgehead atoms. The lowest BCUT2D eigenvalue weighted by Gasteiger charge is -2.06. The normalized spacial score (nSPS) is 10.2. The Hall–Kier alpha value is -2.57. The number of anilines is 1. The largest absolute Gasteiger partial charge is 0.497 e. The summed E-state index contributed by atoms with van der Waals surface area (Å²) >= 11 is 0. The maximum atomic E-state index is 11.7. The Morgan fingerprint density at radius 2 is 2.35 bits per heavy atom. The Morgan fingerprint density at radius 1 is 1.50 bits per heavy atom. The van der Waals surface area contributed by atoms with E-state index in [9.17, 15) is 4.79 Å². The van der Waals surface area contributed by atoms with E-state index in [0.717, 1.165) is 17.7 Å². The molecule has 0 radical (unpaired) electrons. The van der Waals surface area contributed by atoms with Gasteiger partial charge in [-0.2, -0.15) is 9.90 Å². The summed E-state index contributed by atoms with van der Waals surface area (Å²) in [4.78, 5) is 12.9. The maximum Gasteiger partial charge on any atom is 0.243 e. The van der Waals surface area contributed by atoms with E-state index in [0.29, 0.717) is 12.4 Å². The molecular weight excluding hydrogens is 258 g/mol. The van der Waals surface area contributed by atoms with Crippen molar-refractivity contribution in [2.75, 3.05) is 19.4 Å². The average Bonchev–Trinajstić information content (AvgIpc) is 2.84. The minimum Gasteiger partial charge on any atom is -0.497 e. The number of hydrogen-bond acceptors (Lipinski definition) is 5. The molecule has 0 saturated heterocycles. The molecule has 0 unspecified atom stereocenters. The first-order chi connectivity index (χ1) is 9.67. The van der Waals surface area contributed by atoms with Crippen LogP contribution in [0.3, 0.4) is 0 Å². The number of nitrogens with zero attached hydrogens (tertiary/aromatic N) is 3. The van der Waals surface area contributed by atoms with Crippen molar-refractivity contribution < 1.29 is 9.53 Å². The Balaban J connectivity index is 1.76. The minimum absolute atomic E-state index is 0.0648. The lowest BCUT2D eigenvalue weighted by atomic mass is 10.1. The summed E-state index contributed by atoms with van der Waals surface area (Å²) in [6, 6.07) is 7.74. The number of nitrogen functional groups attached to an aromatic ring is 1. The molecular formula is C13H17N5O2. The van der Waals surface area contributed by atoms with Crippen LogP contribution in [0.5, 0.6) is 5.75 Å². The Bertz CT molecular complexity index is 582. The topological polar surface area (TPSA) is 95.1 Å². The molecule has 1 aromatic heterocycles. The summed E-state index contributed by atoms with van der Waals surface area (Å²) in [7, 11) is 1.63. The number of amides is 1. The minimum atomic E-state index is -0.150. The molecule has 0 saturated carbocycles. The van der Waals surface area contributed by atoms with Gasteiger partial charge in [-0.3, -0.25) is 4.79 Å². The van der Waals surface area contributed by atoms with Crippen molar-refractivity contribution in [3.63, 3.8) is 0 Å². The van der Waals surface area contributed by atoms with Crippen LogP contribution in [-0.2, 0) is 17.8 Å². The number of carbonyl (C=O) groups excluding carboxylic acids is 1. The fourth-order valence-corrected chi connectivity index (χ4v) is 1.75. The molecule has 0 atom stereocenters. The summed E-state index contributed by atoms with van der Waals surface area (Å²) in [6.07, 6.45) is 2.14. The van der Waals surface area contributed by atoms with E-state index in [-0.39, 0.29) is 12.5 Å². The Labute approximate surface area is 116 Å². The molecule has 1 heterocycles. The maximum absolute atomic E-state index is 11.7. The third kappa shape index (κ3) is 3.98. The number of hydrogen-bond donors (Lipinski definition) is 2. The van der Waals surface area contributed by atoms with Gasteiger partial charge >= 0.3 is 0 Å². The first kappa shape index (κ1) is 13.9. The van der Waals surface area contributed by atoms with Crippen LogP contribution in [0.25, 0.3) is 0 Å². The highest BCUT2D eigenvalue weighted by molar-refractivity contribution is 5.75. The first-order valence-electron chi connectivity index (χ1n) is 6.22. The average molecular weight is 275 g/mol. The van der Waals surface area contributed by atoms with Crippen LogP contribution in [0, 0.1) is 0 Å². The van der Waals surface area contributed by atoms with Gasteiger partial charge in [0.15, 0.2) is 5.82 Å². The van der Waals surface area contributed by atoms with E-state index in [1.54, 1.807) is 7.11 Å². The zero-order valence-electron chi connectivity index (χ0n) is 11.2. The van der Waals surface area contributed by atoms with Crippen LogP contribution < -0.4 is 15.8 Å². The molecule has 3 N–H and O–H groups in total. The van der Waals surface area contributed by atoms with E-state index in [1.165, 1.54) is 11.0 Å². The van der Waals surface area contributed by atoms with Crippen molar-refractivity contribution in [2.24, 2.45) is 0 Å². The van der Waals surface area contributed by atoms with Gasteiger partial charge in [0.1, 0.15) is 12.3 Å². The highest BCUT2D eigenvalue weighted by Gasteiger charge is 2.04. The van der Waals surface area contributed by atoms with Crippen LogP contribution in [-0.4, -0.2) is 34.6 Å². The monoisotopic (exact) mass is 275 g/mol. The van der Waals surface area contributed by atoms with E-state index in [4.69, 9.17) is 10.5 Å². The molecule has 0 fully saturated rings. The van der Waals surface area contributed by atoms with Crippen LogP contribution in [0.1, 0.15) is 5.56 Å². The van der Waals surface area contributed by atoms with E-state index >= 15 is 0 Å². The predicted octanol–water partition coefficient (Wildman–Crippen LogP) is 0.228. The van der Waals surface area contributed by atoms with Crippen LogP contribution in [0.4, 0.5) is 5.82 Å². The van der Waals surface area contributed by atoms with E-state index in [1.807, 2.05) is 24.3 Å². The SMILES string of the molecule is COc1cccc(CCNC(=O)Cn2ncc(N)n2)c1. The molecule has 1 aromatic carbocycles. The summed E-state index contributed by atoms with van der Waals surface area (Å²) in [5, 5.41) is 10.5. The molecule has 2 aromatic rings. The molecule has 0 aliphatic carbocycles. The number of nitrogens with two attached hydrogens (primary N) is 1. The highest BCUT2D eigenvalue weighted by atomic mass is 16.5. The van der Waals surface area contributed by atoms with Crippen LogP contribution in [0.2, 0.25) is 0 Å². The van der Waals surface area contributed by atoms with Crippen molar-refractivity contribution in [2.45, 2.75) is 13.0 Å². The Morgan fingerprint density at radius 3 is 3.05 bits per heavy atom. The third-order valence-corrected chi connectivity index (χ3v) is 2.71. The van der Waals surface area contributed by atoms with Gasteiger partial charge < -0.3 is 15.8 Å². The van der Waals surface area contributed by atoms with Crippen molar-refractivity contribution in [3.8, 4) is 5.75 Å². The Kier molecular flexibility index (Phi) is 4.54. The van der Waals surface area contributed by atoms with Crippen molar-refractivity contribution in [3.05, 3.63) is 36.0 Å². The van der Waals surface area contributed by atoms with Crippen molar-refractivity contribution in [1.82, 2.24) is 20.3 Å². The molecule has 0 spiro atoms. The molecule has 7 heteroatoms. The van der Waals surface area contributed by atoms with Gasteiger partial charge in [0.25, 0.3) is 0 Å². The molecule has 0 aliphatic rings. The molecule has 2 rings (SSSR count). The second kappa shape index (κ2) is 6.55. The second-order valence-electron chi connectivity index (χ2n) is 4.25. The van der Waals surface area contributed by atoms with Crippen LogP contribution >= 0.6 is 0 Å². The smallest absolute Gasteiger partial charge is 0.243 e. The number of carbonyl (C=O) groups is 1. The molecule has 1 amide bonds. The number of ether oxygens (including phenoxy) is 1. The van der Waals surface area contributed by atoms with Gasteiger partial charge in [0.05, 0.1) is 13.3 Å². The van der Waals surface area contributed by atoms with Gasteiger partial charge in [0, 0.05) is 6.54 Å². The fourth-order valence-electron chi connectivity index (χ4n) is 1.75. The van der Waals surface area contributed by atoms with E-state index in [2.05, 4.69) is 15.5 Å². The lowest BCUT2D eigenvalue weighted by Crippen LogP contribution is -2.30. The fraction of sp³-hybridized carbons (Fsp3) is 0.308. The predicted molar refractivity (Wildman–Crippen MR) is 74.1 cm³/mol. The lowest BCUT2D eigenvalue weighted by molar-refractivity contribution is -0.122. The number of benzene rings is 1. The summed E-state index contributed by atoms with van der Waals surface area (Å²) in [6.45, 7) is 0.609. The zero-order chi connectivity index (χ0) is 14.4. The number of nitrogens with one attached hydrogen (secondary N) is 1. The van der Waals surface area contributed by atoms with Gasteiger partial charge in [-0.25, -0.2) is 0 Å². The van der Waals surface area contributed by atoms with Crippen molar-refractivity contribution >= 4 is 11.7 Å². The number of aromatic nitrogens is 3. The zero-order valence-corrected chi connectivity index (χ0v) is 11.2. The summed E-state index contributed by atoms with van der Waals surface area (Å²) in [5.74, 6) is 0.961. The first-order valence-corrected chi connectivity index (χ1v) is 6.22. The van der Waals surface area contributed by atoms with Gasteiger partial charge in [0.2, 0.25) is 5.91 Å². The summed E-state index contributed by atoms with van der Waals surface area (Å²) < 4.78 is 5.14. The van der Waals surface area contributed by atoms with E-state index < -0.39 is 0 Å². The molecule has 106 valence electrons. The molecule has 0 aliphatic heterocycles. The second-order valence-corrected chi connectivity index (χ2v) is 4.25. The highest BCUT2D eigenvalue weighted by Crippen LogP contribution is 2.12.